The smallest absolute Gasteiger partial charge is 0.267 e. The van der Waals surface area contributed by atoms with Gasteiger partial charge in [0.1, 0.15) is 0 Å². The molecule has 0 aliphatic heterocycles. The molecule has 0 spiro atoms. The summed E-state index contributed by atoms with van der Waals surface area (Å²) in [4.78, 5) is 16.6. The fraction of sp³-hybridized carbons (Fsp3) is 0.0588. The number of aryl methyl sites for hydroxylation is 1. The van der Waals surface area contributed by atoms with Crippen molar-refractivity contribution in [2.75, 3.05) is 0 Å². The van der Waals surface area contributed by atoms with Crippen molar-refractivity contribution in [3.8, 4) is 0 Å². The summed E-state index contributed by atoms with van der Waals surface area (Å²) in [5.41, 5.74) is 1.62. The number of hydrogen-bond donors (Lipinski definition) is 1. The van der Waals surface area contributed by atoms with E-state index >= 15 is 0 Å². The van der Waals surface area contributed by atoms with E-state index in [1.54, 1.807) is 36.5 Å². The maximum Gasteiger partial charge on any atom is 0.267 e. The highest BCUT2D eigenvalue weighted by Crippen LogP contribution is 2.17. The first kappa shape index (κ1) is 15.2. The Balaban J connectivity index is 1.96. The van der Waals surface area contributed by atoms with Crippen LogP contribution in [-0.4, -0.2) is 19.3 Å². The van der Waals surface area contributed by atoms with Gasteiger partial charge in [-0.15, -0.1) is 0 Å². The first-order valence-electron chi connectivity index (χ1n) is 6.95. The number of nitrogens with zero attached hydrogens (tertiary/aromatic N) is 1. The average Bonchev–Trinajstić information content (AvgIpc) is 2.54. The predicted molar refractivity (Wildman–Crippen MR) is 87.6 cm³/mol. The molecule has 1 heterocycles. The van der Waals surface area contributed by atoms with Crippen LogP contribution in [0.4, 0.5) is 0 Å². The highest BCUT2D eigenvalue weighted by atomic mass is 32.2. The van der Waals surface area contributed by atoms with Crippen molar-refractivity contribution in [3.05, 3.63) is 71.9 Å². The lowest BCUT2D eigenvalue weighted by atomic mass is 10.1. The molecule has 116 valence electrons. The van der Waals surface area contributed by atoms with E-state index in [0.29, 0.717) is 5.52 Å². The number of rotatable bonds is 3. The molecule has 0 aliphatic carbocycles. The van der Waals surface area contributed by atoms with Gasteiger partial charge in [0.15, 0.2) is 0 Å². The molecule has 0 saturated heterocycles. The van der Waals surface area contributed by atoms with Gasteiger partial charge < -0.3 is 0 Å². The molecule has 23 heavy (non-hydrogen) atoms. The number of benzene rings is 2. The quantitative estimate of drug-likeness (QED) is 0.803. The van der Waals surface area contributed by atoms with Crippen molar-refractivity contribution in [2.45, 2.75) is 11.8 Å². The zero-order valence-electron chi connectivity index (χ0n) is 12.4. The zero-order chi connectivity index (χ0) is 16.4. The summed E-state index contributed by atoms with van der Waals surface area (Å²) in [5, 5.41) is 0.771. The number of fused-ring (bicyclic) bond motifs is 1. The third kappa shape index (κ3) is 3.07. The SMILES string of the molecule is Cc1ccc(S(=O)(=O)NC(=O)c2cccc3cccnc23)cc1. The number of sulfonamides is 1. The highest BCUT2D eigenvalue weighted by Gasteiger charge is 2.20. The van der Waals surface area contributed by atoms with Crippen molar-refractivity contribution in [1.82, 2.24) is 9.71 Å². The van der Waals surface area contributed by atoms with Gasteiger partial charge in [-0.05, 0) is 31.2 Å². The Hall–Kier alpha value is -2.73. The molecule has 1 amide bonds. The van der Waals surface area contributed by atoms with Gasteiger partial charge in [0.2, 0.25) is 0 Å². The van der Waals surface area contributed by atoms with Gasteiger partial charge in [0.05, 0.1) is 16.0 Å². The van der Waals surface area contributed by atoms with Crippen molar-refractivity contribution in [2.24, 2.45) is 0 Å². The Morgan fingerprint density at radius 3 is 2.43 bits per heavy atom. The van der Waals surface area contributed by atoms with Gasteiger partial charge in [0.25, 0.3) is 15.9 Å². The Bertz CT molecular complexity index is 975. The van der Waals surface area contributed by atoms with E-state index < -0.39 is 15.9 Å². The van der Waals surface area contributed by atoms with Crippen LogP contribution in [0, 0.1) is 6.92 Å². The Morgan fingerprint density at radius 2 is 1.70 bits per heavy atom. The second-order valence-corrected chi connectivity index (χ2v) is 6.81. The third-order valence-electron chi connectivity index (χ3n) is 3.44. The lowest BCUT2D eigenvalue weighted by Crippen LogP contribution is -2.30. The number of para-hydroxylation sites is 1. The fourth-order valence-corrected chi connectivity index (χ4v) is 3.21. The molecular formula is C17H14N2O3S. The average molecular weight is 326 g/mol. The predicted octanol–water partition coefficient (Wildman–Crippen LogP) is 2.66. The maximum absolute atomic E-state index is 12.4. The van der Waals surface area contributed by atoms with Crippen LogP contribution in [0.15, 0.2) is 65.7 Å². The van der Waals surface area contributed by atoms with Gasteiger partial charge in [-0.1, -0.05) is 35.9 Å². The molecule has 1 aromatic heterocycles. The number of nitrogens with one attached hydrogen (secondary N) is 1. The lowest BCUT2D eigenvalue weighted by molar-refractivity contribution is 0.0983. The molecule has 3 aromatic rings. The van der Waals surface area contributed by atoms with E-state index in [1.165, 1.54) is 12.1 Å². The molecule has 5 nitrogen and oxygen atoms in total. The summed E-state index contributed by atoms with van der Waals surface area (Å²) >= 11 is 0. The van der Waals surface area contributed by atoms with E-state index in [-0.39, 0.29) is 10.5 Å². The van der Waals surface area contributed by atoms with Crippen LogP contribution in [0.5, 0.6) is 0 Å². The molecule has 0 aliphatic rings. The van der Waals surface area contributed by atoms with Crippen LogP contribution in [0.25, 0.3) is 10.9 Å². The summed E-state index contributed by atoms with van der Waals surface area (Å²) in [5.74, 6) is -0.699. The Labute approximate surface area is 134 Å². The first-order valence-corrected chi connectivity index (χ1v) is 8.43. The molecule has 2 aromatic carbocycles. The van der Waals surface area contributed by atoms with E-state index in [4.69, 9.17) is 0 Å². The monoisotopic (exact) mass is 326 g/mol. The number of hydrogen-bond acceptors (Lipinski definition) is 4. The molecule has 0 radical (unpaired) electrons. The lowest BCUT2D eigenvalue weighted by Gasteiger charge is -2.08. The maximum atomic E-state index is 12.4. The minimum absolute atomic E-state index is 0.0460. The summed E-state index contributed by atoms with van der Waals surface area (Å²) in [6.07, 6.45) is 1.56. The van der Waals surface area contributed by atoms with Gasteiger partial charge in [-0.25, -0.2) is 13.1 Å². The molecular weight excluding hydrogens is 312 g/mol. The molecule has 6 heteroatoms. The largest absolute Gasteiger partial charge is 0.268 e. The van der Waals surface area contributed by atoms with Crippen LogP contribution in [0.1, 0.15) is 15.9 Å². The first-order chi connectivity index (χ1) is 11.0. The molecule has 0 saturated carbocycles. The second-order valence-electron chi connectivity index (χ2n) is 5.13. The van der Waals surface area contributed by atoms with Crippen molar-refractivity contribution >= 4 is 26.8 Å². The minimum Gasteiger partial charge on any atom is -0.268 e. The normalized spacial score (nSPS) is 11.3. The molecule has 0 bridgehead atoms. The molecule has 1 N–H and O–H groups in total. The Kier molecular flexibility index (Phi) is 3.83. The fourth-order valence-electron chi connectivity index (χ4n) is 2.24. The van der Waals surface area contributed by atoms with E-state index in [9.17, 15) is 13.2 Å². The summed E-state index contributed by atoms with van der Waals surface area (Å²) in [6.45, 7) is 1.86. The van der Waals surface area contributed by atoms with Crippen LogP contribution >= 0.6 is 0 Å². The van der Waals surface area contributed by atoms with Gasteiger partial charge in [-0.3, -0.25) is 9.78 Å². The van der Waals surface area contributed by atoms with E-state index in [2.05, 4.69) is 9.71 Å². The van der Waals surface area contributed by atoms with Gasteiger partial charge in [-0.2, -0.15) is 0 Å². The van der Waals surface area contributed by atoms with E-state index in [1.807, 2.05) is 19.1 Å². The molecule has 0 atom stereocenters. The number of aromatic nitrogens is 1. The topological polar surface area (TPSA) is 76.1 Å². The molecule has 0 unspecified atom stereocenters. The van der Waals surface area contributed by atoms with Crippen LogP contribution in [0.3, 0.4) is 0 Å². The van der Waals surface area contributed by atoms with Crippen molar-refractivity contribution < 1.29 is 13.2 Å². The standard InChI is InChI=1S/C17H14N2O3S/c1-12-7-9-14(10-8-12)23(21,22)19-17(20)15-6-2-4-13-5-3-11-18-16(13)15/h2-11H,1H3,(H,19,20). The third-order valence-corrected chi connectivity index (χ3v) is 4.78. The summed E-state index contributed by atoms with van der Waals surface area (Å²) in [7, 11) is -3.92. The van der Waals surface area contributed by atoms with Crippen LogP contribution < -0.4 is 4.72 Å². The number of amides is 1. The van der Waals surface area contributed by atoms with Gasteiger partial charge in [0, 0.05) is 11.6 Å². The van der Waals surface area contributed by atoms with Gasteiger partial charge >= 0.3 is 0 Å². The number of carbonyl (C=O) groups excluding carboxylic acids is 1. The van der Waals surface area contributed by atoms with Crippen LogP contribution in [0.2, 0.25) is 0 Å². The summed E-state index contributed by atoms with van der Waals surface area (Å²) < 4.78 is 26.7. The molecule has 3 rings (SSSR count). The van der Waals surface area contributed by atoms with Crippen LogP contribution in [-0.2, 0) is 10.0 Å². The van der Waals surface area contributed by atoms with E-state index in [0.717, 1.165) is 10.9 Å². The number of carbonyl (C=O) groups is 1. The Morgan fingerprint density at radius 1 is 1.00 bits per heavy atom. The molecule has 0 fully saturated rings. The second kappa shape index (κ2) is 5.81. The number of pyridine rings is 1. The summed E-state index contributed by atoms with van der Waals surface area (Å²) in [6, 6.07) is 14.9. The highest BCUT2D eigenvalue weighted by molar-refractivity contribution is 7.90. The zero-order valence-corrected chi connectivity index (χ0v) is 13.2. The van der Waals surface area contributed by atoms with Crippen molar-refractivity contribution in [1.29, 1.82) is 0 Å². The minimum atomic E-state index is -3.92. The van der Waals surface area contributed by atoms with Crippen molar-refractivity contribution in [3.63, 3.8) is 0 Å².